The van der Waals surface area contributed by atoms with Crippen LogP contribution in [0.4, 0.5) is 15.3 Å². The molecule has 0 saturated carbocycles. The van der Waals surface area contributed by atoms with E-state index in [4.69, 9.17) is 21.1 Å². The Labute approximate surface area is 167 Å². The molecule has 1 aromatic heterocycles. The molecule has 7 nitrogen and oxygen atoms in total. The third-order valence-electron chi connectivity index (χ3n) is 3.62. The second kappa shape index (κ2) is 7.90. The molecule has 0 atom stereocenters. The van der Waals surface area contributed by atoms with E-state index in [1.165, 1.54) is 6.20 Å². The highest BCUT2D eigenvalue weighted by atomic mass is 35.5. The maximum absolute atomic E-state index is 12.2. The van der Waals surface area contributed by atoms with Gasteiger partial charge in [-0.15, -0.1) is 0 Å². The number of nitrogens with one attached hydrogen (secondary N) is 1. The van der Waals surface area contributed by atoms with E-state index in [0.29, 0.717) is 16.6 Å². The van der Waals surface area contributed by atoms with Crippen molar-refractivity contribution in [1.29, 1.82) is 0 Å². The van der Waals surface area contributed by atoms with E-state index in [-0.39, 0.29) is 11.6 Å². The van der Waals surface area contributed by atoms with Crippen LogP contribution in [0, 0.1) is 0 Å². The highest BCUT2D eigenvalue weighted by molar-refractivity contribution is 6.34. The summed E-state index contributed by atoms with van der Waals surface area (Å²) in [5.74, 6) is 0. The van der Waals surface area contributed by atoms with Crippen molar-refractivity contribution >= 4 is 40.4 Å². The number of amides is 1. The first-order chi connectivity index (χ1) is 13.2. The Morgan fingerprint density at radius 2 is 1.89 bits per heavy atom. The molecule has 0 aliphatic carbocycles. The summed E-state index contributed by atoms with van der Waals surface area (Å²) in [6.07, 6.45) is 0.279. The Morgan fingerprint density at radius 3 is 2.57 bits per heavy atom. The molecule has 1 N–H and O–H groups in total. The van der Waals surface area contributed by atoms with Gasteiger partial charge in [0.25, 0.3) is 0 Å². The minimum absolute atomic E-state index is 0.142. The Kier molecular flexibility index (Phi) is 5.56. The monoisotopic (exact) mass is 401 g/mol. The Morgan fingerprint density at radius 1 is 1.18 bits per heavy atom. The second-order valence-corrected chi connectivity index (χ2v) is 7.54. The number of ether oxygens (including phenoxy) is 2. The van der Waals surface area contributed by atoms with Gasteiger partial charge in [0.1, 0.15) is 12.2 Å². The number of carbonyl (C=O) groups excluding carboxylic acids is 2. The van der Waals surface area contributed by atoms with Crippen molar-refractivity contribution in [1.82, 2.24) is 9.78 Å². The number of halogens is 1. The highest BCUT2D eigenvalue weighted by Gasteiger charge is 2.19. The van der Waals surface area contributed by atoms with Gasteiger partial charge in [0, 0.05) is 11.6 Å². The van der Waals surface area contributed by atoms with Gasteiger partial charge in [0.2, 0.25) is 0 Å². The number of hydrogen-bond donors (Lipinski definition) is 1. The third kappa shape index (κ3) is 5.01. The summed E-state index contributed by atoms with van der Waals surface area (Å²) in [5.41, 5.74) is 1.09. The second-order valence-electron chi connectivity index (χ2n) is 7.13. The number of hydrogen-bond acceptors (Lipinski definition) is 5. The summed E-state index contributed by atoms with van der Waals surface area (Å²) in [6.45, 7) is 5.46. The quantitative estimate of drug-likeness (QED) is 0.650. The number of aromatic nitrogens is 2. The largest absolute Gasteiger partial charge is 0.444 e. The van der Waals surface area contributed by atoms with Crippen LogP contribution in [0.15, 0.2) is 48.7 Å². The molecule has 3 aromatic rings. The molecule has 2 aromatic carbocycles. The van der Waals surface area contributed by atoms with Crippen LogP contribution < -0.4 is 5.32 Å². The Bertz CT molecular complexity index is 1010. The number of benzene rings is 2. The summed E-state index contributed by atoms with van der Waals surface area (Å²) in [6, 6.07) is 12.5. The maximum atomic E-state index is 12.2. The van der Waals surface area contributed by atoms with E-state index in [9.17, 15) is 9.59 Å². The van der Waals surface area contributed by atoms with Gasteiger partial charge in [0.15, 0.2) is 0 Å². The van der Waals surface area contributed by atoms with E-state index in [2.05, 4.69) is 10.4 Å². The Balaban J connectivity index is 1.72. The van der Waals surface area contributed by atoms with Gasteiger partial charge in [0.05, 0.1) is 16.2 Å². The fourth-order valence-electron chi connectivity index (χ4n) is 2.41. The average molecular weight is 402 g/mol. The summed E-state index contributed by atoms with van der Waals surface area (Å²) >= 11 is 6.22. The normalized spacial score (nSPS) is 11.3. The number of carbonyl (C=O) groups is 2. The smallest absolute Gasteiger partial charge is 0.435 e. The minimum atomic E-state index is -0.637. The zero-order chi connectivity index (χ0) is 20.3. The van der Waals surface area contributed by atoms with E-state index in [0.717, 1.165) is 10.2 Å². The minimum Gasteiger partial charge on any atom is -0.444 e. The van der Waals surface area contributed by atoms with Crippen molar-refractivity contribution in [2.24, 2.45) is 0 Å². The van der Waals surface area contributed by atoms with Crippen molar-refractivity contribution < 1.29 is 19.1 Å². The molecule has 146 valence electrons. The van der Waals surface area contributed by atoms with Crippen molar-refractivity contribution in [3.63, 3.8) is 0 Å². The molecule has 1 amide bonds. The van der Waals surface area contributed by atoms with Gasteiger partial charge in [-0.2, -0.15) is 9.78 Å². The first-order valence-electron chi connectivity index (χ1n) is 8.61. The average Bonchev–Trinajstić information content (AvgIpc) is 3.03. The van der Waals surface area contributed by atoms with Crippen LogP contribution in [0.3, 0.4) is 0 Å². The standard InChI is InChI=1S/C20H20ClN3O4/c1-20(2,3)28-19(26)24-11-14-9-17(15(21)10-16(14)23-24)22-18(25)27-12-13-7-5-4-6-8-13/h4-11H,12H2,1-3H3,(H,22,25). The summed E-state index contributed by atoms with van der Waals surface area (Å²) < 4.78 is 11.6. The molecule has 0 saturated heterocycles. The first-order valence-corrected chi connectivity index (χ1v) is 8.99. The van der Waals surface area contributed by atoms with E-state index in [1.54, 1.807) is 32.9 Å². The lowest BCUT2D eigenvalue weighted by Crippen LogP contribution is -2.27. The van der Waals surface area contributed by atoms with Crippen LogP contribution in [0.5, 0.6) is 0 Å². The van der Waals surface area contributed by atoms with Crippen molar-refractivity contribution in [3.8, 4) is 0 Å². The fourth-order valence-corrected chi connectivity index (χ4v) is 2.62. The molecule has 28 heavy (non-hydrogen) atoms. The molecule has 0 fully saturated rings. The number of anilines is 1. The topological polar surface area (TPSA) is 82.5 Å². The van der Waals surface area contributed by atoms with Crippen LogP contribution in [0.1, 0.15) is 26.3 Å². The lowest BCUT2D eigenvalue weighted by atomic mass is 10.2. The SMILES string of the molecule is CC(C)(C)OC(=O)n1cc2cc(NC(=O)OCc3ccccc3)c(Cl)cc2n1. The van der Waals surface area contributed by atoms with Gasteiger partial charge in [-0.05, 0) is 38.5 Å². The van der Waals surface area contributed by atoms with Gasteiger partial charge >= 0.3 is 12.2 Å². The third-order valence-corrected chi connectivity index (χ3v) is 3.94. The number of fused-ring (bicyclic) bond motifs is 1. The molecule has 0 unspecified atom stereocenters. The summed E-state index contributed by atoms with van der Waals surface area (Å²) in [4.78, 5) is 24.2. The van der Waals surface area contributed by atoms with Crippen molar-refractivity contribution in [2.45, 2.75) is 33.0 Å². The van der Waals surface area contributed by atoms with Gasteiger partial charge in [-0.1, -0.05) is 41.9 Å². The molecule has 0 aliphatic heterocycles. The summed E-state index contributed by atoms with van der Waals surface area (Å²) in [5, 5.41) is 7.67. The molecule has 3 rings (SSSR count). The number of nitrogens with zero attached hydrogens (tertiary/aromatic N) is 2. The fraction of sp³-hybridized carbons (Fsp3) is 0.250. The molecular formula is C20H20ClN3O4. The van der Waals surface area contributed by atoms with Crippen molar-refractivity contribution in [3.05, 3.63) is 59.2 Å². The van der Waals surface area contributed by atoms with Crippen molar-refractivity contribution in [2.75, 3.05) is 5.32 Å². The van der Waals surface area contributed by atoms with Gasteiger partial charge < -0.3 is 9.47 Å². The van der Waals surface area contributed by atoms with E-state index < -0.39 is 17.8 Å². The maximum Gasteiger partial charge on any atom is 0.435 e. The number of rotatable bonds is 3. The predicted molar refractivity (Wildman–Crippen MR) is 107 cm³/mol. The summed E-state index contributed by atoms with van der Waals surface area (Å²) in [7, 11) is 0. The van der Waals surface area contributed by atoms with Crippen LogP contribution in [0.25, 0.3) is 10.9 Å². The van der Waals surface area contributed by atoms with Crippen LogP contribution >= 0.6 is 11.6 Å². The van der Waals surface area contributed by atoms with Gasteiger partial charge in [-0.3, -0.25) is 5.32 Å². The molecule has 0 aliphatic rings. The molecular weight excluding hydrogens is 382 g/mol. The Hall–Kier alpha value is -3.06. The van der Waals surface area contributed by atoms with E-state index >= 15 is 0 Å². The lowest BCUT2D eigenvalue weighted by molar-refractivity contribution is 0.0515. The predicted octanol–water partition coefficient (Wildman–Crippen LogP) is 5.22. The molecule has 0 spiro atoms. The molecule has 8 heteroatoms. The van der Waals surface area contributed by atoms with Crippen LogP contribution in [-0.4, -0.2) is 27.6 Å². The zero-order valence-corrected chi connectivity index (χ0v) is 16.5. The van der Waals surface area contributed by atoms with Gasteiger partial charge in [-0.25, -0.2) is 9.59 Å². The first kappa shape index (κ1) is 19.7. The molecule has 1 heterocycles. The zero-order valence-electron chi connectivity index (χ0n) is 15.7. The van der Waals surface area contributed by atoms with Crippen LogP contribution in [-0.2, 0) is 16.1 Å². The molecule has 0 radical (unpaired) electrons. The lowest BCUT2D eigenvalue weighted by Gasteiger charge is -2.18. The molecule has 0 bridgehead atoms. The van der Waals surface area contributed by atoms with Crippen LogP contribution in [0.2, 0.25) is 5.02 Å². The highest BCUT2D eigenvalue weighted by Crippen LogP contribution is 2.28. The van der Waals surface area contributed by atoms with E-state index in [1.807, 2.05) is 30.3 Å².